The molecular formula is C15H19FN2O4S. The maximum Gasteiger partial charge on any atom is 0.251 e. The number of hydrogen-bond donors (Lipinski definition) is 0. The van der Waals surface area contributed by atoms with Crippen molar-refractivity contribution in [3.05, 3.63) is 30.1 Å². The summed E-state index contributed by atoms with van der Waals surface area (Å²) in [5.41, 5.74) is 0. The zero-order valence-electron chi connectivity index (χ0n) is 12.7. The molecule has 8 heteroatoms. The molecule has 6 nitrogen and oxygen atoms in total. The van der Waals surface area contributed by atoms with Crippen LogP contribution in [0.25, 0.3) is 0 Å². The highest BCUT2D eigenvalue weighted by Gasteiger charge is 2.34. The van der Waals surface area contributed by atoms with Gasteiger partial charge in [-0.2, -0.15) is 4.31 Å². The third-order valence-corrected chi connectivity index (χ3v) is 6.08. The minimum atomic E-state index is -3.73. The number of rotatable bonds is 3. The molecule has 1 amide bonds. The number of amides is 1. The summed E-state index contributed by atoms with van der Waals surface area (Å²) in [5, 5.41) is 0. The Morgan fingerprint density at radius 1 is 1.22 bits per heavy atom. The number of carbonyl (C=O) groups is 1. The summed E-state index contributed by atoms with van der Waals surface area (Å²) in [5.74, 6) is -0.649. The number of ether oxygens (including phenoxy) is 1. The van der Waals surface area contributed by atoms with E-state index < -0.39 is 15.8 Å². The van der Waals surface area contributed by atoms with E-state index in [1.807, 2.05) is 0 Å². The van der Waals surface area contributed by atoms with Gasteiger partial charge in [0.15, 0.2) is 0 Å². The molecule has 0 saturated carbocycles. The van der Waals surface area contributed by atoms with E-state index in [0.717, 1.165) is 18.9 Å². The summed E-state index contributed by atoms with van der Waals surface area (Å²) in [4.78, 5) is 13.8. The Balaban J connectivity index is 1.65. The van der Waals surface area contributed by atoms with Gasteiger partial charge in [-0.05, 0) is 31.0 Å². The predicted octanol–water partition coefficient (Wildman–Crippen LogP) is 0.838. The summed E-state index contributed by atoms with van der Waals surface area (Å²) >= 11 is 0. The van der Waals surface area contributed by atoms with E-state index in [1.165, 1.54) is 22.5 Å². The van der Waals surface area contributed by atoms with Crippen LogP contribution in [0, 0.1) is 5.82 Å². The van der Waals surface area contributed by atoms with E-state index in [4.69, 9.17) is 4.74 Å². The Labute approximate surface area is 134 Å². The third kappa shape index (κ3) is 3.39. The average molecular weight is 342 g/mol. The zero-order chi connectivity index (χ0) is 16.4. The molecule has 1 aromatic carbocycles. The van der Waals surface area contributed by atoms with Crippen LogP contribution >= 0.6 is 0 Å². The molecule has 1 unspecified atom stereocenters. The van der Waals surface area contributed by atoms with Crippen LogP contribution in [0.2, 0.25) is 0 Å². The van der Waals surface area contributed by atoms with Crippen molar-refractivity contribution in [3.63, 3.8) is 0 Å². The van der Waals surface area contributed by atoms with Crippen LogP contribution in [0.5, 0.6) is 0 Å². The lowest BCUT2D eigenvalue weighted by Gasteiger charge is -2.35. The van der Waals surface area contributed by atoms with Gasteiger partial charge in [-0.15, -0.1) is 0 Å². The van der Waals surface area contributed by atoms with Crippen LogP contribution in [-0.2, 0) is 19.6 Å². The van der Waals surface area contributed by atoms with Gasteiger partial charge in [-0.25, -0.2) is 12.8 Å². The molecule has 3 rings (SSSR count). The molecule has 2 saturated heterocycles. The number of piperazine rings is 1. The molecule has 2 heterocycles. The number of benzene rings is 1. The lowest BCUT2D eigenvalue weighted by molar-refractivity contribution is -0.142. The molecule has 0 N–H and O–H groups in total. The number of sulfonamides is 1. The molecular weight excluding hydrogens is 323 g/mol. The molecule has 0 aliphatic carbocycles. The largest absolute Gasteiger partial charge is 0.368 e. The smallest absolute Gasteiger partial charge is 0.251 e. The number of halogens is 1. The van der Waals surface area contributed by atoms with Gasteiger partial charge in [0, 0.05) is 32.8 Å². The van der Waals surface area contributed by atoms with E-state index in [1.54, 1.807) is 4.90 Å². The minimum absolute atomic E-state index is 0.0589. The van der Waals surface area contributed by atoms with Gasteiger partial charge in [0.1, 0.15) is 11.9 Å². The van der Waals surface area contributed by atoms with Crippen molar-refractivity contribution < 1.29 is 22.3 Å². The Bertz CT molecular complexity index is 680. The van der Waals surface area contributed by atoms with Crippen molar-refractivity contribution >= 4 is 15.9 Å². The summed E-state index contributed by atoms with van der Waals surface area (Å²) in [6.45, 7) is 1.67. The van der Waals surface area contributed by atoms with Gasteiger partial charge in [0.25, 0.3) is 5.91 Å². The molecule has 0 aromatic heterocycles. The molecule has 1 atom stereocenters. The van der Waals surface area contributed by atoms with Crippen LogP contribution in [0.3, 0.4) is 0 Å². The van der Waals surface area contributed by atoms with Crippen molar-refractivity contribution in [1.29, 1.82) is 0 Å². The van der Waals surface area contributed by atoms with Crippen molar-refractivity contribution in [1.82, 2.24) is 9.21 Å². The van der Waals surface area contributed by atoms with E-state index in [9.17, 15) is 17.6 Å². The average Bonchev–Trinajstić information content (AvgIpc) is 3.09. The molecule has 126 valence electrons. The van der Waals surface area contributed by atoms with Gasteiger partial charge in [-0.1, -0.05) is 6.07 Å². The van der Waals surface area contributed by atoms with E-state index in [2.05, 4.69) is 0 Å². The fourth-order valence-electron chi connectivity index (χ4n) is 2.90. The van der Waals surface area contributed by atoms with E-state index >= 15 is 0 Å². The molecule has 1 aromatic rings. The van der Waals surface area contributed by atoms with Crippen LogP contribution in [0.1, 0.15) is 12.8 Å². The highest BCUT2D eigenvalue weighted by Crippen LogP contribution is 2.20. The quantitative estimate of drug-likeness (QED) is 0.816. The normalized spacial score (nSPS) is 23.2. The highest BCUT2D eigenvalue weighted by atomic mass is 32.2. The highest BCUT2D eigenvalue weighted by molar-refractivity contribution is 7.89. The SMILES string of the molecule is O=C(C1CCCO1)N1CCN(S(=O)(=O)c2cccc(F)c2)CC1. The number of hydrogen-bond acceptors (Lipinski definition) is 4. The van der Waals surface area contributed by atoms with Gasteiger partial charge in [0.05, 0.1) is 4.90 Å². The van der Waals surface area contributed by atoms with Crippen molar-refractivity contribution in [2.24, 2.45) is 0 Å². The second-order valence-electron chi connectivity index (χ2n) is 5.69. The first-order valence-electron chi connectivity index (χ1n) is 7.64. The monoisotopic (exact) mass is 342 g/mol. The van der Waals surface area contributed by atoms with E-state index in [-0.39, 0.29) is 30.0 Å². The molecule has 0 radical (unpaired) electrons. The Morgan fingerprint density at radius 2 is 1.96 bits per heavy atom. The van der Waals surface area contributed by atoms with Crippen molar-refractivity contribution in [2.75, 3.05) is 32.8 Å². The first-order chi connectivity index (χ1) is 11.0. The van der Waals surface area contributed by atoms with Crippen molar-refractivity contribution in [2.45, 2.75) is 23.8 Å². The van der Waals surface area contributed by atoms with Crippen molar-refractivity contribution in [3.8, 4) is 0 Å². The minimum Gasteiger partial charge on any atom is -0.368 e. The summed E-state index contributed by atoms with van der Waals surface area (Å²) in [7, 11) is -3.73. The van der Waals surface area contributed by atoms with Gasteiger partial charge >= 0.3 is 0 Å². The van der Waals surface area contributed by atoms with Crippen LogP contribution in [-0.4, -0.2) is 62.4 Å². The zero-order valence-corrected chi connectivity index (χ0v) is 13.5. The molecule has 2 aliphatic heterocycles. The fourth-order valence-corrected chi connectivity index (χ4v) is 4.36. The van der Waals surface area contributed by atoms with E-state index in [0.29, 0.717) is 19.7 Å². The van der Waals surface area contributed by atoms with Gasteiger partial charge in [-0.3, -0.25) is 4.79 Å². The summed E-state index contributed by atoms with van der Waals surface area (Å²) in [6, 6.07) is 4.97. The fraction of sp³-hybridized carbons (Fsp3) is 0.533. The lowest BCUT2D eigenvalue weighted by Crippen LogP contribution is -2.52. The Morgan fingerprint density at radius 3 is 2.57 bits per heavy atom. The standard InChI is InChI=1S/C15H19FN2O4S/c16-12-3-1-4-13(11-12)23(20,21)18-8-6-17(7-9-18)15(19)14-5-2-10-22-14/h1,3-4,11,14H,2,5-10H2. The first-order valence-corrected chi connectivity index (χ1v) is 9.08. The topological polar surface area (TPSA) is 66.9 Å². The predicted molar refractivity (Wildman–Crippen MR) is 80.7 cm³/mol. The maximum atomic E-state index is 13.3. The van der Waals surface area contributed by atoms with Crippen LogP contribution < -0.4 is 0 Å². The lowest BCUT2D eigenvalue weighted by atomic mass is 10.2. The Hall–Kier alpha value is -1.51. The molecule has 2 fully saturated rings. The molecule has 0 bridgehead atoms. The number of carbonyl (C=O) groups excluding carboxylic acids is 1. The Kier molecular flexibility index (Phi) is 4.65. The van der Waals surface area contributed by atoms with Gasteiger partial charge < -0.3 is 9.64 Å². The second kappa shape index (κ2) is 6.54. The first kappa shape index (κ1) is 16.4. The van der Waals surface area contributed by atoms with Crippen LogP contribution in [0.15, 0.2) is 29.2 Å². The number of nitrogens with zero attached hydrogens (tertiary/aromatic N) is 2. The maximum absolute atomic E-state index is 13.3. The summed E-state index contributed by atoms with van der Waals surface area (Å²) in [6.07, 6.45) is 1.21. The molecule has 0 spiro atoms. The van der Waals surface area contributed by atoms with Gasteiger partial charge in [0.2, 0.25) is 10.0 Å². The third-order valence-electron chi connectivity index (χ3n) is 4.19. The summed E-state index contributed by atoms with van der Waals surface area (Å²) < 4.78 is 44.9. The second-order valence-corrected chi connectivity index (χ2v) is 7.63. The van der Waals surface area contributed by atoms with Crippen LogP contribution in [0.4, 0.5) is 4.39 Å². The molecule has 2 aliphatic rings. The molecule has 23 heavy (non-hydrogen) atoms.